The molecule has 1 aliphatic heterocycles. The molecule has 0 spiro atoms. The maximum absolute atomic E-state index is 13.1. The molecule has 3 rings (SSSR count). The SMILES string of the molecule is O=C1Nc2cc(Cl)ccc2Oc2ccc(F)cc21. The molecule has 90 valence electrons. The van der Waals surface area contributed by atoms with Crippen molar-refractivity contribution in [2.24, 2.45) is 0 Å². The van der Waals surface area contributed by atoms with Gasteiger partial charge in [-0.2, -0.15) is 0 Å². The van der Waals surface area contributed by atoms with Crippen molar-refractivity contribution in [2.75, 3.05) is 5.32 Å². The summed E-state index contributed by atoms with van der Waals surface area (Å²) in [5, 5.41) is 3.11. The number of hydrogen-bond acceptors (Lipinski definition) is 2. The van der Waals surface area contributed by atoms with E-state index < -0.39 is 11.7 Å². The number of nitrogens with one attached hydrogen (secondary N) is 1. The number of benzene rings is 2. The molecule has 1 heterocycles. The third-order valence-electron chi connectivity index (χ3n) is 2.60. The van der Waals surface area contributed by atoms with Gasteiger partial charge in [0.15, 0.2) is 5.75 Å². The van der Waals surface area contributed by atoms with Crippen LogP contribution in [0.5, 0.6) is 11.5 Å². The first-order valence-corrected chi connectivity index (χ1v) is 5.59. The third-order valence-corrected chi connectivity index (χ3v) is 2.83. The third kappa shape index (κ3) is 1.80. The summed E-state index contributed by atoms with van der Waals surface area (Å²) in [4.78, 5) is 11.9. The summed E-state index contributed by atoms with van der Waals surface area (Å²) in [7, 11) is 0. The van der Waals surface area contributed by atoms with E-state index in [1.807, 2.05) is 0 Å². The highest BCUT2D eigenvalue weighted by molar-refractivity contribution is 6.31. The summed E-state index contributed by atoms with van der Waals surface area (Å²) in [6, 6.07) is 8.69. The number of carbonyl (C=O) groups excluding carboxylic acids is 1. The Labute approximate surface area is 107 Å². The molecule has 0 aromatic heterocycles. The fraction of sp³-hybridized carbons (Fsp3) is 0. The van der Waals surface area contributed by atoms with E-state index in [2.05, 4.69) is 5.32 Å². The zero-order valence-corrected chi connectivity index (χ0v) is 9.79. The van der Waals surface area contributed by atoms with E-state index in [0.29, 0.717) is 22.2 Å². The Morgan fingerprint density at radius 3 is 2.72 bits per heavy atom. The molecule has 18 heavy (non-hydrogen) atoms. The van der Waals surface area contributed by atoms with Gasteiger partial charge in [-0.15, -0.1) is 0 Å². The van der Waals surface area contributed by atoms with Gasteiger partial charge in [-0.3, -0.25) is 4.79 Å². The van der Waals surface area contributed by atoms with E-state index in [1.54, 1.807) is 18.2 Å². The topological polar surface area (TPSA) is 38.3 Å². The molecule has 0 bridgehead atoms. The quantitative estimate of drug-likeness (QED) is 0.784. The normalized spacial score (nSPS) is 12.9. The number of fused-ring (bicyclic) bond motifs is 2. The highest BCUT2D eigenvalue weighted by Crippen LogP contribution is 2.37. The average Bonchev–Trinajstić information content (AvgIpc) is 2.46. The van der Waals surface area contributed by atoms with Gasteiger partial charge in [0.25, 0.3) is 5.91 Å². The predicted molar refractivity (Wildman–Crippen MR) is 65.9 cm³/mol. The van der Waals surface area contributed by atoms with E-state index in [4.69, 9.17) is 16.3 Å². The zero-order chi connectivity index (χ0) is 12.7. The van der Waals surface area contributed by atoms with E-state index in [1.165, 1.54) is 12.1 Å². The first kappa shape index (κ1) is 11.0. The van der Waals surface area contributed by atoms with Crippen LogP contribution in [0, 0.1) is 5.82 Å². The molecule has 1 aliphatic rings. The fourth-order valence-corrected chi connectivity index (χ4v) is 1.94. The Bertz CT molecular complexity index is 657. The zero-order valence-electron chi connectivity index (χ0n) is 9.04. The van der Waals surface area contributed by atoms with Gasteiger partial charge in [0, 0.05) is 5.02 Å². The first-order chi connectivity index (χ1) is 8.63. The van der Waals surface area contributed by atoms with Crippen LogP contribution in [0.3, 0.4) is 0 Å². The molecule has 0 saturated carbocycles. The van der Waals surface area contributed by atoms with Crippen LogP contribution >= 0.6 is 11.6 Å². The van der Waals surface area contributed by atoms with Crippen molar-refractivity contribution < 1.29 is 13.9 Å². The molecule has 1 amide bonds. The molecule has 0 radical (unpaired) electrons. The van der Waals surface area contributed by atoms with Crippen LogP contribution < -0.4 is 10.1 Å². The van der Waals surface area contributed by atoms with E-state index in [-0.39, 0.29) is 5.56 Å². The van der Waals surface area contributed by atoms with Crippen LogP contribution in [0.1, 0.15) is 10.4 Å². The first-order valence-electron chi connectivity index (χ1n) is 5.22. The monoisotopic (exact) mass is 263 g/mol. The number of rotatable bonds is 0. The fourth-order valence-electron chi connectivity index (χ4n) is 1.77. The van der Waals surface area contributed by atoms with E-state index >= 15 is 0 Å². The Balaban J connectivity index is 2.16. The minimum atomic E-state index is -0.489. The smallest absolute Gasteiger partial charge is 0.259 e. The number of hydrogen-bond donors (Lipinski definition) is 1. The van der Waals surface area contributed by atoms with Crippen molar-refractivity contribution in [1.29, 1.82) is 0 Å². The molecule has 2 aromatic rings. The van der Waals surface area contributed by atoms with Crippen LogP contribution in [0.25, 0.3) is 0 Å². The van der Waals surface area contributed by atoms with Gasteiger partial charge < -0.3 is 10.1 Å². The second kappa shape index (κ2) is 3.99. The molecule has 5 heteroatoms. The molecule has 0 aliphatic carbocycles. The summed E-state index contributed by atoms with van der Waals surface area (Å²) in [5.41, 5.74) is 0.617. The summed E-state index contributed by atoms with van der Waals surface area (Å²) in [5.74, 6) is -0.130. The summed E-state index contributed by atoms with van der Waals surface area (Å²) < 4.78 is 18.7. The van der Waals surface area contributed by atoms with Gasteiger partial charge in [-0.1, -0.05) is 11.6 Å². The second-order valence-electron chi connectivity index (χ2n) is 3.84. The molecule has 0 fully saturated rings. The molecule has 2 aromatic carbocycles. The predicted octanol–water partition coefficient (Wildman–Crippen LogP) is 3.84. The minimum Gasteiger partial charge on any atom is -0.454 e. The standard InChI is InChI=1S/C13H7ClFNO2/c14-7-1-3-12-10(5-7)16-13(17)9-6-8(15)2-4-11(9)18-12/h1-6H,(H,16,17). The lowest BCUT2D eigenvalue weighted by Gasteiger charge is -2.07. The van der Waals surface area contributed by atoms with Gasteiger partial charge >= 0.3 is 0 Å². The van der Waals surface area contributed by atoms with Crippen molar-refractivity contribution in [3.05, 3.63) is 52.8 Å². The number of amides is 1. The lowest BCUT2D eigenvalue weighted by atomic mass is 10.2. The Morgan fingerprint density at radius 2 is 1.89 bits per heavy atom. The van der Waals surface area contributed by atoms with Crippen LogP contribution in [0.4, 0.5) is 10.1 Å². The largest absolute Gasteiger partial charge is 0.454 e. The highest BCUT2D eigenvalue weighted by atomic mass is 35.5. The van der Waals surface area contributed by atoms with Crippen LogP contribution in [0.15, 0.2) is 36.4 Å². The molecule has 3 nitrogen and oxygen atoms in total. The molecule has 0 atom stereocenters. The van der Waals surface area contributed by atoms with Crippen molar-refractivity contribution >= 4 is 23.2 Å². The maximum Gasteiger partial charge on any atom is 0.259 e. The minimum absolute atomic E-state index is 0.155. The Hall–Kier alpha value is -2.07. The molecular weight excluding hydrogens is 257 g/mol. The maximum atomic E-state index is 13.1. The molecule has 0 saturated heterocycles. The second-order valence-corrected chi connectivity index (χ2v) is 4.27. The van der Waals surface area contributed by atoms with Crippen molar-refractivity contribution in [3.63, 3.8) is 0 Å². The Morgan fingerprint density at radius 1 is 1.11 bits per heavy atom. The van der Waals surface area contributed by atoms with Gasteiger partial charge in [-0.05, 0) is 36.4 Å². The van der Waals surface area contributed by atoms with Crippen LogP contribution in [0.2, 0.25) is 5.02 Å². The molecule has 0 unspecified atom stereocenters. The van der Waals surface area contributed by atoms with Crippen LogP contribution in [-0.2, 0) is 0 Å². The van der Waals surface area contributed by atoms with Crippen LogP contribution in [-0.4, -0.2) is 5.91 Å². The molecular formula is C13H7ClFNO2. The van der Waals surface area contributed by atoms with E-state index in [0.717, 1.165) is 6.07 Å². The summed E-state index contributed by atoms with van der Waals surface area (Å²) in [6.45, 7) is 0. The van der Waals surface area contributed by atoms with Crippen molar-refractivity contribution in [2.45, 2.75) is 0 Å². The summed E-state index contributed by atoms with van der Waals surface area (Å²) >= 11 is 5.85. The molecule has 1 N–H and O–H groups in total. The highest BCUT2D eigenvalue weighted by Gasteiger charge is 2.21. The Kier molecular flexibility index (Phi) is 2.45. The summed E-state index contributed by atoms with van der Waals surface area (Å²) in [6.07, 6.45) is 0. The van der Waals surface area contributed by atoms with Crippen molar-refractivity contribution in [1.82, 2.24) is 0 Å². The number of anilines is 1. The number of carbonyl (C=O) groups is 1. The number of halogens is 2. The number of ether oxygens (including phenoxy) is 1. The lowest BCUT2D eigenvalue weighted by molar-refractivity contribution is 0.102. The lowest BCUT2D eigenvalue weighted by Crippen LogP contribution is -2.10. The van der Waals surface area contributed by atoms with Gasteiger partial charge in [0.1, 0.15) is 11.6 Å². The van der Waals surface area contributed by atoms with Crippen molar-refractivity contribution in [3.8, 4) is 11.5 Å². The van der Waals surface area contributed by atoms with E-state index in [9.17, 15) is 9.18 Å². The average molecular weight is 264 g/mol. The van der Waals surface area contributed by atoms with Gasteiger partial charge in [-0.25, -0.2) is 4.39 Å². The van der Waals surface area contributed by atoms with Gasteiger partial charge in [0.2, 0.25) is 0 Å². The van der Waals surface area contributed by atoms with Gasteiger partial charge in [0.05, 0.1) is 11.3 Å².